The molecule has 1 aromatic carbocycles. The van der Waals surface area contributed by atoms with Gasteiger partial charge in [-0.3, -0.25) is 0 Å². The van der Waals surface area contributed by atoms with Crippen molar-refractivity contribution in [1.82, 2.24) is 0 Å². The van der Waals surface area contributed by atoms with Crippen LogP contribution in [0.4, 0.5) is 4.39 Å². The highest BCUT2D eigenvalue weighted by atomic mass is 32.2. The summed E-state index contributed by atoms with van der Waals surface area (Å²) in [5.41, 5.74) is 0. The lowest BCUT2D eigenvalue weighted by Gasteiger charge is -2.07. The van der Waals surface area contributed by atoms with Crippen molar-refractivity contribution < 1.29 is 22.7 Å². The molecule has 0 saturated carbocycles. The summed E-state index contributed by atoms with van der Waals surface area (Å²) >= 11 is 0. The SMILES string of the molecule is CCOc1ccc(S(=O)(=O)CCO)cc1F. The lowest BCUT2D eigenvalue weighted by Crippen LogP contribution is -2.10. The van der Waals surface area contributed by atoms with Gasteiger partial charge in [0.1, 0.15) is 0 Å². The molecule has 90 valence electrons. The van der Waals surface area contributed by atoms with Gasteiger partial charge in [0.2, 0.25) is 0 Å². The molecule has 0 aliphatic heterocycles. The highest BCUT2D eigenvalue weighted by Gasteiger charge is 2.16. The minimum Gasteiger partial charge on any atom is -0.491 e. The molecule has 1 rings (SSSR count). The summed E-state index contributed by atoms with van der Waals surface area (Å²) < 4.78 is 41.3. The highest BCUT2D eigenvalue weighted by molar-refractivity contribution is 7.91. The van der Waals surface area contributed by atoms with E-state index in [0.29, 0.717) is 6.61 Å². The second-order valence-corrected chi connectivity index (χ2v) is 5.18. The van der Waals surface area contributed by atoms with Gasteiger partial charge in [-0.05, 0) is 25.1 Å². The maximum atomic E-state index is 13.4. The largest absolute Gasteiger partial charge is 0.491 e. The van der Waals surface area contributed by atoms with E-state index in [1.165, 1.54) is 12.1 Å². The van der Waals surface area contributed by atoms with Gasteiger partial charge in [-0.2, -0.15) is 0 Å². The van der Waals surface area contributed by atoms with Crippen LogP contribution in [0, 0.1) is 5.82 Å². The molecule has 0 unspecified atom stereocenters. The molecule has 0 bridgehead atoms. The summed E-state index contributed by atoms with van der Waals surface area (Å²) in [6.07, 6.45) is 0. The lowest BCUT2D eigenvalue weighted by atomic mass is 10.3. The smallest absolute Gasteiger partial charge is 0.180 e. The first-order valence-electron chi connectivity index (χ1n) is 4.77. The normalized spacial score (nSPS) is 11.4. The minimum atomic E-state index is -3.61. The van der Waals surface area contributed by atoms with Gasteiger partial charge in [-0.1, -0.05) is 0 Å². The predicted molar refractivity (Wildman–Crippen MR) is 56.7 cm³/mol. The number of hydrogen-bond acceptors (Lipinski definition) is 4. The Kier molecular flexibility index (Phi) is 4.26. The van der Waals surface area contributed by atoms with E-state index in [1.54, 1.807) is 6.92 Å². The zero-order chi connectivity index (χ0) is 12.2. The van der Waals surface area contributed by atoms with Crippen LogP contribution < -0.4 is 4.74 Å². The predicted octanol–water partition coefficient (Wildman–Crippen LogP) is 0.990. The molecule has 16 heavy (non-hydrogen) atoms. The number of aliphatic hydroxyl groups is 1. The Morgan fingerprint density at radius 3 is 2.62 bits per heavy atom. The van der Waals surface area contributed by atoms with Crippen LogP contribution in [0.15, 0.2) is 23.1 Å². The number of rotatable bonds is 5. The Balaban J connectivity index is 3.06. The number of halogens is 1. The molecule has 0 saturated heterocycles. The van der Waals surface area contributed by atoms with Crippen molar-refractivity contribution in [3.63, 3.8) is 0 Å². The zero-order valence-corrected chi connectivity index (χ0v) is 9.63. The van der Waals surface area contributed by atoms with Crippen LogP contribution >= 0.6 is 0 Å². The third-order valence-corrected chi connectivity index (χ3v) is 3.61. The summed E-state index contributed by atoms with van der Waals surface area (Å²) in [4.78, 5) is -0.150. The Labute approximate surface area is 93.6 Å². The third-order valence-electron chi connectivity index (χ3n) is 1.92. The molecular weight excluding hydrogens is 235 g/mol. The average Bonchev–Trinajstić information content (AvgIpc) is 2.21. The van der Waals surface area contributed by atoms with Crippen molar-refractivity contribution in [2.75, 3.05) is 19.0 Å². The summed E-state index contributed by atoms with van der Waals surface area (Å²) in [7, 11) is -3.61. The molecule has 0 atom stereocenters. The molecular formula is C10H13FO4S. The average molecular weight is 248 g/mol. The number of sulfone groups is 1. The van der Waals surface area contributed by atoms with Gasteiger partial charge < -0.3 is 9.84 Å². The van der Waals surface area contributed by atoms with Crippen LogP contribution in [0.3, 0.4) is 0 Å². The molecule has 6 heteroatoms. The quantitative estimate of drug-likeness (QED) is 0.844. The summed E-state index contributed by atoms with van der Waals surface area (Å²) in [5, 5.41) is 8.57. The fraction of sp³-hybridized carbons (Fsp3) is 0.400. The second-order valence-electron chi connectivity index (χ2n) is 3.07. The first-order valence-corrected chi connectivity index (χ1v) is 6.42. The first-order chi connectivity index (χ1) is 7.51. The van der Waals surface area contributed by atoms with Gasteiger partial charge in [-0.25, -0.2) is 12.8 Å². The maximum Gasteiger partial charge on any atom is 0.180 e. The van der Waals surface area contributed by atoms with Gasteiger partial charge in [0.05, 0.1) is 23.9 Å². The van der Waals surface area contributed by atoms with Crippen LogP contribution in [0.25, 0.3) is 0 Å². The number of aliphatic hydroxyl groups excluding tert-OH is 1. The Morgan fingerprint density at radius 1 is 1.44 bits per heavy atom. The van der Waals surface area contributed by atoms with Gasteiger partial charge >= 0.3 is 0 Å². The Morgan fingerprint density at radius 2 is 2.12 bits per heavy atom. The second kappa shape index (κ2) is 5.27. The number of benzene rings is 1. The molecule has 0 aromatic heterocycles. The van der Waals surface area contributed by atoms with E-state index < -0.39 is 28.0 Å². The van der Waals surface area contributed by atoms with Gasteiger partial charge in [0.25, 0.3) is 0 Å². The molecule has 0 heterocycles. The van der Waals surface area contributed by atoms with E-state index in [9.17, 15) is 12.8 Å². The van der Waals surface area contributed by atoms with E-state index in [-0.39, 0.29) is 10.6 Å². The summed E-state index contributed by atoms with van der Waals surface area (Å²) in [5.74, 6) is -1.12. The summed E-state index contributed by atoms with van der Waals surface area (Å²) in [6.45, 7) is 1.52. The fourth-order valence-corrected chi connectivity index (χ4v) is 2.22. The Bertz CT molecular complexity index is 456. The van der Waals surface area contributed by atoms with Crippen molar-refractivity contribution in [2.24, 2.45) is 0 Å². The van der Waals surface area contributed by atoms with E-state index in [4.69, 9.17) is 9.84 Å². The molecule has 0 radical (unpaired) electrons. The van der Waals surface area contributed by atoms with Crippen LogP contribution in [0.2, 0.25) is 0 Å². The zero-order valence-electron chi connectivity index (χ0n) is 8.81. The molecule has 1 N–H and O–H groups in total. The van der Waals surface area contributed by atoms with Crippen molar-refractivity contribution in [2.45, 2.75) is 11.8 Å². The minimum absolute atomic E-state index is 0.0189. The molecule has 1 aromatic rings. The molecule has 4 nitrogen and oxygen atoms in total. The van der Waals surface area contributed by atoms with Crippen molar-refractivity contribution in [1.29, 1.82) is 0 Å². The first kappa shape index (κ1) is 12.9. The maximum absolute atomic E-state index is 13.4. The van der Waals surface area contributed by atoms with Crippen molar-refractivity contribution >= 4 is 9.84 Å². The monoisotopic (exact) mass is 248 g/mol. The molecule has 0 fully saturated rings. The number of ether oxygens (including phenoxy) is 1. The lowest BCUT2D eigenvalue weighted by molar-refractivity contribution is 0.319. The van der Waals surface area contributed by atoms with Crippen molar-refractivity contribution in [3.8, 4) is 5.75 Å². The van der Waals surface area contributed by atoms with E-state index in [2.05, 4.69) is 0 Å². The van der Waals surface area contributed by atoms with E-state index in [0.717, 1.165) is 6.07 Å². The van der Waals surface area contributed by atoms with Crippen molar-refractivity contribution in [3.05, 3.63) is 24.0 Å². The van der Waals surface area contributed by atoms with Gasteiger partial charge in [0.15, 0.2) is 21.4 Å². The van der Waals surface area contributed by atoms with Crippen LogP contribution in [-0.2, 0) is 9.84 Å². The number of hydrogen-bond donors (Lipinski definition) is 1. The topological polar surface area (TPSA) is 63.6 Å². The van der Waals surface area contributed by atoms with Gasteiger partial charge in [-0.15, -0.1) is 0 Å². The highest BCUT2D eigenvalue weighted by Crippen LogP contribution is 2.21. The molecule has 0 aliphatic rings. The standard InChI is InChI=1S/C10H13FO4S/c1-2-15-10-4-3-8(7-9(10)11)16(13,14)6-5-12/h3-4,7,12H,2,5-6H2,1H3. The third kappa shape index (κ3) is 2.93. The molecule has 0 amide bonds. The molecule has 0 spiro atoms. The fourth-order valence-electron chi connectivity index (χ4n) is 1.19. The van der Waals surface area contributed by atoms with E-state index >= 15 is 0 Å². The van der Waals surface area contributed by atoms with E-state index in [1.807, 2.05) is 0 Å². The molecule has 0 aliphatic carbocycles. The van der Waals surface area contributed by atoms with Crippen LogP contribution in [-0.4, -0.2) is 32.5 Å². The van der Waals surface area contributed by atoms with Crippen LogP contribution in [0.1, 0.15) is 6.92 Å². The summed E-state index contributed by atoms with van der Waals surface area (Å²) in [6, 6.07) is 3.43. The van der Waals surface area contributed by atoms with Crippen LogP contribution in [0.5, 0.6) is 5.75 Å². The van der Waals surface area contributed by atoms with Gasteiger partial charge in [0, 0.05) is 0 Å². The Hall–Kier alpha value is -1.14.